The van der Waals surface area contributed by atoms with Gasteiger partial charge in [-0.05, 0) is 60.5 Å². The van der Waals surface area contributed by atoms with Crippen molar-refractivity contribution in [3.63, 3.8) is 0 Å². The van der Waals surface area contributed by atoms with Crippen molar-refractivity contribution < 1.29 is 14.0 Å². The van der Waals surface area contributed by atoms with Crippen molar-refractivity contribution in [3.8, 4) is 0 Å². The molecule has 1 N–H and O–H groups in total. The maximum atomic E-state index is 13.8. The fraction of sp³-hybridized carbons (Fsp3) is 0.0909. The number of benzene rings is 3. The Balaban J connectivity index is 1.49. The molecule has 2 amide bonds. The van der Waals surface area contributed by atoms with Crippen LogP contribution >= 0.6 is 11.6 Å². The van der Waals surface area contributed by atoms with Crippen LogP contribution in [0.5, 0.6) is 0 Å². The molecular weight excluding hydrogens is 379 g/mol. The largest absolute Gasteiger partial charge is 0.322 e. The first-order chi connectivity index (χ1) is 13.5. The number of anilines is 2. The van der Waals surface area contributed by atoms with E-state index in [1.807, 2.05) is 24.3 Å². The van der Waals surface area contributed by atoms with E-state index < -0.39 is 11.7 Å². The molecule has 3 aromatic carbocycles. The normalized spacial score (nSPS) is 12.6. The minimum atomic E-state index is -0.651. The van der Waals surface area contributed by atoms with Crippen molar-refractivity contribution in [1.29, 1.82) is 0 Å². The van der Waals surface area contributed by atoms with Gasteiger partial charge < -0.3 is 10.2 Å². The van der Waals surface area contributed by atoms with Crippen molar-refractivity contribution in [2.24, 2.45) is 0 Å². The van der Waals surface area contributed by atoms with Gasteiger partial charge in [0, 0.05) is 28.5 Å². The second kappa shape index (κ2) is 7.44. The van der Waals surface area contributed by atoms with E-state index in [4.69, 9.17) is 11.6 Å². The Labute approximate surface area is 166 Å². The van der Waals surface area contributed by atoms with Gasteiger partial charge in [0.2, 0.25) is 0 Å². The monoisotopic (exact) mass is 394 g/mol. The number of hydrogen-bond donors (Lipinski definition) is 1. The molecule has 1 aliphatic rings. The van der Waals surface area contributed by atoms with Crippen LogP contribution in [0.1, 0.15) is 26.3 Å². The molecule has 3 aromatic rings. The molecule has 0 bridgehead atoms. The number of para-hydroxylation sites is 1. The molecule has 0 aliphatic carbocycles. The first-order valence-electron chi connectivity index (χ1n) is 8.79. The molecule has 0 fully saturated rings. The molecule has 140 valence electrons. The lowest BCUT2D eigenvalue weighted by Gasteiger charge is -2.17. The van der Waals surface area contributed by atoms with E-state index in [-0.39, 0.29) is 16.5 Å². The third-order valence-corrected chi connectivity index (χ3v) is 4.93. The molecule has 0 aromatic heterocycles. The highest BCUT2D eigenvalue weighted by molar-refractivity contribution is 6.31. The Morgan fingerprint density at radius 2 is 1.75 bits per heavy atom. The molecule has 0 atom stereocenters. The van der Waals surface area contributed by atoms with E-state index in [1.165, 1.54) is 12.1 Å². The number of carbonyl (C=O) groups is 2. The van der Waals surface area contributed by atoms with Gasteiger partial charge in [0.05, 0.1) is 5.56 Å². The minimum absolute atomic E-state index is 0.0938. The number of fused-ring (bicyclic) bond motifs is 1. The molecule has 0 radical (unpaired) electrons. The molecule has 28 heavy (non-hydrogen) atoms. The fourth-order valence-corrected chi connectivity index (χ4v) is 3.44. The molecule has 0 saturated heterocycles. The predicted octanol–water partition coefficient (Wildman–Crippen LogP) is 4.93. The van der Waals surface area contributed by atoms with Crippen LogP contribution < -0.4 is 10.2 Å². The topological polar surface area (TPSA) is 49.4 Å². The highest BCUT2D eigenvalue weighted by atomic mass is 35.5. The lowest BCUT2D eigenvalue weighted by atomic mass is 10.1. The van der Waals surface area contributed by atoms with Crippen LogP contribution in [0.2, 0.25) is 5.02 Å². The number of rotatable bonds is 3. The molecule has 1 aliphatic heterocycles. The van der Waals surface area contributed by atoms with Crippen molar-refractivity contribution in [2.75, 3.05) is 16.8 Å². The zero-order chi connectivity index (χ0) is 19.7. The van der Waals surface area contributed by atoms with Gasteiger partial charge in [-0.2, -0.15) is 0 Å². The third kappa shape index (κ3) is 3.49. The number of halogens is 2. The van der Waals surface area contributed by atoms with E-state index in [9.17, 15) is 14.0 Å². The van der Waals surface area contributed by atoms with Crippen molar-refractivity contribution >= 4 is 34.8 Å². The highest BCUT2D eigenvalue weighted by Crippen LogP contribution is 2.29. The first-order valence-corrected chi connectivity index (χ1v) is 9.17. The van der Waals surface area contributed by atoms with Crippen LogP contribution in [-0.4, -0.2) is 18.4 Å². The lowest BCUT2D eigenvalue weighted by molar-refractivity contribution is 0.0988. The number of carbonyl (C=O) groups excluding carboxylic acids is 2. The molecule has 6 heteroatoms. The second-order valence-corrected chi connectivity index (χ2v) is 6.93. The van der Waals surface area contributed by atoms with Crippen molar-refractivity contribution in [3.05, 3.63) is 94.3 Å². The van der Waals surface area contributed by atoms with E-state index in [0.29, 0.717) is 17.8 Å². The Bertz CT molecular complexity index is 1070. The van der Waals surface area contributed by atoms with Gasteiger partial charge >= 0.3 is 0 Å². The van der Waals surface area contributed by atoms with Crippen LogP contribution in [0.3, 0.4) is 0 Å². The molecule has 1 heterocycles. The van der Waals surface area contributed by atoms with Crippen molar-refractivity contribution in [2.45, 2.75) is 6.42 Å². The highest BCUT2D eigenvalue weighted by Gasteiger charge is 2.25. The fourth-order valence-electron chi connectivity index (χ4n) is 3.27. The summed E-state index contributed by atoms with van der Waals surface area (Å²) in [6.45, 7) is 0.644. The molecule has 0 spiro atoms. The van der Waals surface area contributed by atoms with Crippen LogP contribution in [0.4, 0.5) is 15.8 Å². The zero-order valence-electron chi connectivity index (χ0n) is 14.8. The van der Waals surface area contributed by atoms with Gasteiger partial charge in [-0.1, -0.05) is 29.8 Å². The Morgan fingerprint density at radius 3 is 2.54 bits per heavy atom. The maximum Gasteiger partial charge on any atom is 0.258 e. The molecule has 4 nitrogen and oxygen atoms in total. The number of nitrogens with zero attached hydrogens (tertiary/aromatic N) is 1. The summed E-state index contributed by atoms with van der Waals surface area (Å²) in [5.41, 5.74) is 2.93. The van der Waals surface area contributed by atoms with E-state index >= 15 is 0 Å². The molecule has 0 saturated carbocycles. The Kier molecular flexibility index (Phi) is 4.84. The number of nitrogens with one attached hydrogen (secondary N) is 1. The smallest absolute Gasteiger partial charge is 0.258 e. The summed E-state index contributed by atoms with van der Waals surface area (Å²) in [4.78, 5) is 26.8. The summed E-state index contributed by atoms with van der Waals surface area (Å²) < 4.78 is 13.8. The summed E-state index contributed by atoms with van der Waals surface area (Å²) in [6, 6.07) is 18.2. The molecular formula is C22H16ClFN2O2. The van der Waals surface area contributed by atoms with Crippen LogP contribution in [0, 0.1) is 5.82 Å². The summed E-state index contributed by atoms with van der Waals surface area (Å²) in [5, 5.41) is 2.89. The van der Waals surface area contributed by atoms with Crippen molar-refractivity contribution in [1.82, 2.24) is 0 Å². The third-order valence-electron chi connectivity index (χ3n) is 4.70. The van der Waals surface area contributed by atoms with Gasteiger partial charge in [0.15, 0.2) is 0 Å². The van der Waals surface area contributed by atoms with E-state index in [2.05, 4.69) is 5.32 Å². The zero-order valence-corrected chi connectivity index (χ0v) is 15.5. The van der Waals surface area contributed by atoms with Crippen LogP contribution in [0.25, 0.3) is 0 Å². The number of amides is 2. The molecule has 4 rings (SSSR count). The van der Waals surface area contributed by atoms with Gasteiger partial charge in [0.1, 0.15) is 5.82 Å². The minimum Gasteiger partial charge on any atom is -0.322 e. The van der Waals surface area contributed by atoms with Crippen LogP contribution in [0.15, 0.2) is 66.7 Å². The average Bonchev–Trinajstić information content (AvgIpc) is 3.14. The first kappa shape index (κ1) is 18.2. The second-order valence-electron chi connectivity index (χ2n) is 6.49. The standard InChI is InChI=1S/C22H16ClFN2O2/c23-16-7-10-19(24)18(13-16)21(27)25-17-8-5-15(6-9-17)22(28)26-12-11-14-3-1-2-4-20(14)26/h1-10,13H,11-12H2,(H,25,27). The van der Waals surface area contributed by atoms with Crippen LogP contribution in [-0.2, 0) is 6.42 Å². The van der Waals surface area contributed by atoms with Gasteiger partial charge in [-0.25, -0.2) is 4.39 Å². The predicted molar refractivity (Wildman–Crippen MR) is 108 cm³/mol. The molecule has 0 unspecified atom stereocenters. The Morgan fingerprint density at radius 1 is 1.00 bits per heavy atom. The summed E-state index contributed by atoms with van der Waals surface area (Å²) in [7, 11) is 0. The van der Waals surface area contributed by atoms with Gasteiger partial charge in [0.25, 0.3) is 11.8 Å². The van der Waals surface area contributed by atoms with E-state index in [0.717, 1.165) is 23.7 Å². The number of hydrogen-bond acceptors (Lipinski definition) is 2. The summed E-state index contributed by atoms with van der Waals surface area (Å²) in [5.74, 6) is -1.35. The average molecular weight is 395 g/mol. The van der Waals surface area contributed by atoms with Gasteiger partial charge in [-0.15, -0.1) is 0 Å². The Hall–Kier alpha value is -3.18. The maximum absolute atomic E-state index is 13.8. The van der Waals surface area contributed by atoms with Gasteiger partial charge in [-0.3, -0.25) is 9.59 Å². The summed E-state index contributed by atoms with van der Waals surface area (Å²) in [6.07, 6.45) is 0.835. The quantitative estimate of drug-likeness (QED) is 0.684. The lowest BCUT2D eigenvalue weighted by Crippen LogP contribution is -2.28. The van der Waals surface area contributed by atoms with E-state index in [1.54, 1.807) is 29.2 Å². The SMILES string of the molecule is O=C(Nc1ccc(C(=O)N2CCc3ccccc32)cc1)c1cc(Cl)ccc1F. The summed E-state index contributed by atoms with van der Waals surface area (Å²) >= 11 is 5.83.